The molecule has 0 aromatic carbocycles. The molecule has 2 amide bonds. The Morgan fingerprint density at radius 2 is 1.79 bits per heavy atom. The van der Waals surface area contributed by atoms with Crippen LogP contribution in [0.3, 0.4) is 0 Å². The first kappa shape index (κ1) is 31.7. The van der Waals surface area contributed by atoms with E-state index in [1.54, 1.807) is 24.2 Å². The number of nitrogens with zero attached hydrogens (tertiary/aromatic N) is 3. The van der Waals surface area contributed by atoms with Crippen LogP contribution < -0.4 is 10.8 Å². The molecule has 9 nitrogen and oxygen atoms in total. The Morgan fingerprint density at radius 1 is 1.18 bits per heavy atom. The third kappa shape index (κ3) is 8.82. The fourth-order valence-corrected chi connectivity index (χ4v) is 5.43. The number of nitrogens with one attached hydrogen (secondary N) is 1. The van der Waals surface area contributed by atoms with Gasteiger partial charge in [0.2, 0.25) is 5.91 Å². The highest BCUT2D eigenvalue weighted by Crippen LogP contribution is 2.36. The maximum Gasteiger partial charge on any atom is 0.498 e. The van der Waals surface area contributed by atoms with Crippen LogP contribution in [0.5, 0.6) is 0 Å². The van der Waals surface area contributed by atoms with E-state index in [4.69, 9.17) is 14.0 Å². The van der Waals surface area contributed by atoms with Gasteiger partial charge < -0.3 is 24.3 Å². The van der Waals surface area contributed by atoms with Gasteiger partial charge in [0.1, 0.15) is 11.6 Å². The second kappa shape index (κ2) is 12.8. The summed E-state index contributed by atoms with van der Waals surface area (Å²) in [5.41, 5.74) is -0.571. The number of piperidine rings is 1. The van der Waals surface area contributed by atoms with Crippen LogP contribution >= 0.6 is 11.8 Å². The van der Waals surface area contributed by atoms with Crippen LogP contribution in [0.15, 0.2) is 17.6 Å². The highest BCUT2D eigenvalue weighted by Gasteiger charge is 2.52. The lowest BCUT2D eigenvalue weighted by Gasteiger charge is -2.36. The zero-order valence-electron chi connectivity index (χ0n) is 25.2. The summed E-state index contributed by atoms with van der Waals surface area (Å²) in [4.78, 5) is 36.6. The summed E-state index contributed by atoms with van der Waals surface area (Å²) < 4.78 is 17.5. The van der Waals surface area contributed by atoms with E-state index in [1.807, 2.05) is 67.2 Å². The number of carbonyl (C=O) groups excluding carboxylic acids is 2. The van der Waals surface area contributed by atoms with Gasteiger partial charge in [0, 0.05) is 36.7 Å². The Kier molecular flexibility index (Phi) is 10.4. The molecule has 2 fully saturated rings. The first-order valence-electron chi connectivity index (χ1n) is 14.2. The maximum absolute atomic E-state index is 13.3. The van der Waals surface area contributed by atoms with Crippen LogP contribution in [-0.2, 0) is 18.8 Å². The second-order valence-electron chi connectivity index (χ2n) is 13.0. The van der Waals surface area contributed by atoms with Gasteiger partial charge in [-0.1, -0.05) is 25.6 Å². The minimum Gasteiger partial charge on any atom is -0.444 e. The van der Waals surface area contributed by atoms with Crippen molar-refractivity contribution in [1.29, 1.82) is 0 Å². The van der Waals surface area contributed by atoms with Crippen molar-refractivity contribution in [2.45, 2.75) is 116 Å². The summed E-state index contributed by atoms with van der Waals surface area (Å²) >= 11 is 1.64. The van der Waals surface area contributed by atoms with E-state index >= 15 is 0 Å². The molecule has 0 radical (unpaired) electrons. The molecule has 0 aliphatic carbocycles. The number of hydrogen-bond acceptors (Lipinski definition) is 8. The smallest absolute Gasteiger partial charge is 0.444 e. The third-order valence-electron chi connectivity index (χ3n) is 7.60. The molecule has 2 saturated heterocycles. The first-order valence-corrected chi connectivity index (χ1v) is 15.2. The van der Waals surface area contributed by atoms with E-state index in [0.29, 0.717) is 5.92 Å². The van der Waals surface area contributed by atoms with E-state index in [2.05, 4.69) is 15.3 Å². The summed E-state index contributed by atoms with van der Waals surface area (Å²) in [5.74, 6) is 1.31. The minimum absolute atomic E-state index is 0.0228. The van der Waals surface area contributed by atoms with Crippen LogP contribution in [0, 0.1) is 11.8 Å². The summed E-state index contributed by atoms with van der Waals surface area (Å²) in [6.07, 6.45) is 7.17. The Morgan fingerprint density at radius 3 is 2.36 bits per heavy atom. The predicted molar refractivity (Wildman–Crippen MR) is 155 cm³/mol. The van der Waals surface area contributed by atoms with Gasteiger partial charge in [-0.05, 0) is 86.0 Å². The van der Waals surface area contributed by atoms with E-state index in [-0.39, 0.29) is 11.8 Å². The summed E-state index contributed by atoms with van der Waals surface area (Å²) in [5, 5.41) is 3.54. The predicted octanol–water partition coefficient (Wildman–Crippen LogP) is 4.44. The Bertz CT molecular complexity index is 967. The number of thioether (sulfide) groups is 1. The molecule has 0 saturated carbocycles. The van der Waals surface area contributed by atoms with Crippen molar-refractivity contribution >= 4 is 36.3 Å². The Hall–Kier alpha value is -1.85. The van der Waals surface area contributed by atoms with Gasteiger partial charge in [-0.15, -0.1) is 0 Å². The normalized spacial score (nSPS) is 21.6. The average Bonchev–Trinajstić information content (AvgIpc) is 3.06. The third-order valence-corrected chi connectivity index (χ3v) is 8.56. The molecule has 2 atom stereocenters. The number of likely N-dealkylation sites (tertiary alicyclic amines) is 1. The quantitative estimate of drug-likeness (QED) is 0.204. The Balaban J connectivity index is 1.44. The van der Waals surface area contributed by atoms with Gasteiger partial charge in [0.15, 0.2) is 5.16 Å². The monoisotopic (exact) mass is 562 g/mol. The zero-order valence-corrected chi connectivity index (χ0v) is 26.0. The number of alkyl carbamates (subject to hydrolysis) is 1. The van der Waals surface area contributed by atoms with Crippen molar-refractivity contribution in [2.24, 2.45) is 11.8 Å². The molecule has 39 heavy (non-hydrogen) atoms. The zero-order chi connectivity index (χ0) is 29.0. The molecular weight excluding hydrogens is 515 g/mol. The number of aromatic nitrogens is 2. The number of amides is 2. The SMILES string of the molecule is CC(C)C(NC(=O)OC(C)(C)C)C(=O)N1CCCC(CCCSc2ncc(B3OC(C)(C)C(C)(C)O3)cn2)C1. The van der Waals surface area contributed by atoms with Gasteiger partial charge in [-0.25, -0.2) is 14.8 Å². The molecule has 218 valence electrons. The van der Waals surface area contributed by atoms with Crippen molar-refractivity contribution in [1.82, 2.24) is 20.2 Å². The first-order chi connectivity index (χ1) is 18.1. The van der Waals surface area contributed by atoms with E-state index < -0.39 is 36.1 Å². The van der Waals surface area contributed by atoms with Gasteiger partial charge in [0.25, 0.3) is 0 Å². The maximum atomic E-state index is 13.3. The topological polar surface area (TPSA) is 103 Å². The van der Waals surface area contributed by atoms with Gasteiger partial charge in [-0.2, -0.15) is 0 Å². The highest BCUT2D eigenvalue weighted by atomic mass is 32.2. The fourth-order valence-electron chi connectivity index (χ4n) is 4.68. The van der Waals surface area contributed by atoms with Crippen LogP contribution in [0.4, 0.5) is 4.79 Å². The molecular formula is C28H47BN4O5S. The van der Waals surface area contributed by atoms with E-state index in [9.17, 15) is 9.59 Å². The van der Waals surface area contributed by atoms with Crippen molar-refractivity contribution in [3.8, 4) is 0 Å². The summed E-state index contributed by atoms with van der Waals surface area (Å²) in [6, 6.07) is -0.591. The number of hydrogen-bond donors (Lipinski definition) is 1. The van der Waals surface area contributed by atoms with Crippen LogP contribution in [0.2, 0.25) is 0 Å². The van der Waals surface area contributed by atoms with E-state index in [1.165, 1.54) is 0 Å². The second-order valence-corrected chi connectivity index (χ2v) is 14.1. The van der Waals surface area contributed by atoms with Gasteiger partial charge in [-0.3, -0.25) is 4.79 Å². The molecule has 1 aromatic heterocycles. The molecule has 0 bridgehead atoms. The lowest BCUT2D eigenvalue weighted by molar-refractivity contribution is -0.136. The molecule has 1 N–H and O–H groups in total. The number of carbonyl (C=O) groups is 2. The molecule has 3 heterocycles. The average molecular weight is 563 g/mol. The lowest BCUT2D eigenvalue weighted by Crippen LogP contribution is -2.54. The molecule has 3 rings (SSSR count). The molecule has 2 unspecified atom stereocenters. The Labute approximate surface area is 239 Å². The molecule has 11 heteroatoms. The summed E-state index contributed by atoms with van der Waals surface area (Å²) in [6.45, 7) is 18.9. The van der Waals surface area contributed by atoms with Crippen LogP contribution in [-0.4, -0.2) is 75.7 Å². The van der Waals surface area contributed by atoms with Crippen molar-refractivity contribution < 1.29 is 23.6 Å². The van der Waals surface area contributed by atoms with Crippen molar-refractivity contribution in [3.05, 3.63) is 12.4 Å². The number of ether oxygens (including phenoxy) is 1. The fraction of sp³-hybridized carbons (Fsp3) is 0.786. The van der Waals surface area contributed by atoms with Crippen LogP contribution in [0.1, 0.15) is 88.0 Å². The van der Waals surface area contributed by atoms with Crippen LogP contribution in [0.25, 0.3) is 0 Å². The standard InChI is InChI=1S/C28H47BN4O5S/c1-19(2)22(32-25(35)36-26(3,4)5)23(34)33-14-10-12-20(18-33)13-11-15-39-24-30-16-21(17-31-24)29-37-27(6,7)28(8,9)38-29/h16-17,19-20,22H,10-15,18H2,1-9H3,(H,32,35). The molecule has 1 aromatic rings. The lowest BCUT2D eigenvalue weighted by atomic mass is 9.81. The van der Waals surface area contributed by atoms with Gasteiger partial charge in [0.05, 0.1) is 11.2 Å². The van der Waals surface area contributed by atoms with E-state index in [0.717, 1.165) is 55.1 Å². The van der Waals surface area contributed by atoms with Crippen molar-refractivity contribution in [2.75, 3.05) is 18.8 Å². The largest absolute Gasteiger partial charge is 0.498 e. The minimum atomic E-state index is -0.608. The molecule has 2 aliphatic rings. The number of rotatable bonds is 9. The molecule has 0 spiro atoms. The van der Waals surface area contributed by atoms with Crippen molar-refractivity contribution in [3.63, 3.8) is 0 Å². The van der Waals surface area contributed by atoms with Gasteiger partial charge >= 0.3 is 13.2 Å². The highest BCUT2D eigenvalue weighted by molar-refractivity contribution is 7.99. The molecule has 2 aliphatic heterocycles. The summed E-state index contributed by atoms with van der Waals surface area (Å²) in [7, 11) is -0.458.